The summed E-state index contributed by atoms with van der Waals surface area (Å²) in [5.41, 5.74) is 2.01. The molecule has 0 atom stereocenters. The smallest absolute Gasteiger partial charge is 0.278 e. The number of nitrogens with zero attached hydrogens (tertiary/aromatic N) is 1. The van der Waals surface area contributed by atoms with Gasteiger partial charge in [-0.3, -0.25) is 4.79 Å². The zero-order valence-electron chi connectivity index (χ0n) is 10.9. The van der Waals surface area contributed by atoms with E-state index >= 15 is 0 Å². The van der Waals surface area contributed by atoms with Gasteiger partial charge >= 0.3 is 0 Å². The minimum absolute atomic E-state index is 0.190. The van der Waals surface area contributed by atoms with Crippen molar-refractivity contribution in [1.29, 1.82) is 0 Å². The number of para-hydroxylation sites is 2. The molecule has 3 nitrogen and oxygen atoms in total. The van der Waals surface area contributed by atoms with Crippen molar-refractivity contribution in [2.45, 2.75) is 6.92 Å². The summed E-state index contributed by atoms with van der Waals surface area (Å²) in [5.74, 6) is 0. The quantitative estimate of drug-likeness (QED) is 0.487. The molecule has 2 aliphatic rings. The van der Waals surface area contributed by atoms with Crippen LogP contribution in [0.1, 0.15) is 5.69 Å². The molecule has 0 N–H and O–H groups in total. The Balaban J connectivity index is 2.59. The highest BCUT2D eigenvalue weighted by atomic mass is 16.3. The second-order valence-corrected chi connectivity index (χ2v) is 4.85. The van der Waals surface area contributed by atoms with Crippen molar-refractivity contribution in [3.8, 4) is 0 Å². The average molecular weight is 261 g/mol. The van der Waals surface area contributed by atoms with Crippen LogP contribution in [0.4, 0.5) is 0 Å². The number of hydrogen-bond acceptors (Lipinski definition) is 3. The molecule has 96 valence electrons. The van der Waals surface area contributed by atoms with Crippen LogP contribution in [0.2, 0.25) is 0 Å². The topological polar surface area (TPSA) is 43.1 Å². The molecule has 2 aromatic carbocycles. The average Bonchev–Trinajstić information content (AvgIpc) is 2.67. The summed E-state index contributed by atoms with van der Waals surface area (Å²) in [5, 5.41) is 3.26. The largest absolute Gasteiger partial charge is 0.456 e. The van der Waals surface area contributed by atoms with E-state index in [1.165, 1.54) is 0 Å². The van der Waals surface area contributed by atoms with Gasteiger partial charge < -0.3 is 4.42 Å². The molecule has 3 heteroatoms. The number of fused-ring (bicyclic) bond motifs is 4. The minimum Gasteiger partial charge on any atom is -0.456 e. The van der Waals surface area contributed by atoms with Gasteiger partial charge in [0.2, 0.25) is 0 Å². The first-order valence-electron chi connectivity index (χ1n) is 6.46. The fraction of sp³-hybridized carbons (Fsp3) is 0.0588. The lowest BCUT2D eigenvalue weighted by Gasteiger charge is -1.93. The van der Waals surface area contributed by atoms with Crippen LogP contribution >= 0.6 is 0 Å². The maximum atomic E-state index is 12.2. The van der Waals surface area contributed by atoms with Crippen LogP contribution in [-0.4, -0.2) is 4.98 Å². The Morgan fingerprint density at radius 1 is 0.850 bits per heavy atom. The lowest BCUT2D eigenvalue weighted by atomic mass is 10.1. The highest BCUT2D eigenvalue weighted by molar-refractivity contribution is 5.85. The molecule has 0 radical (unpaired) electrons. The van der Waals surface area contributed by atoms with Crippen LogP contribution in [0, 0.1) is 17.4 Å². The van der Waals surface area contributed by atoms with Crippen molar-refractivity contribution < 1.29 is 4.42 Å². The zero-order valence-corrected chi connectivity index (χ0v) is 10.9. The van der Waals surface area contributed by atoms with Gasteiger partial charge in [0.25, 0.3) is 5.56 Å². The second-order valence-electron chi connectivity index (χ2n) is 4.85. The molecule has 0 aliphatic carbocycles. The van der Waals surface area contributed by atoms with Crippen LogP contribution in [0.25, 0.3) is 21.9 Å². The maximum absolute atomic E-state index is 12.2. The first-order valence-corrected chi connectivity index (χ1v) is 6.46. The molecule has 2 aliphatic heterocycles. The lowest BCUT2D eigenvalue weighted by Crippen LogP contribution is -1.99. The molecule has 4 rings (SSSR count). The Hall–Kier alpha value is -2.68. The van der Waals surface area contributed by atoms with E-state index in [1.807, 2.05) is 55.5 Å². The van der Waals surface area contributed by atoms with Gasteiger partial charge in [0.05, 0.1) is 10.9 Å². The van der Waals surface area contributed by atoms with E-state index in [1.54, 1.807) is 0 Å². The molecule has 0 amide bonds. The summed E-state index contributed by atoms with van der Waals surface area (Å²) >= 11 is 0. The van der Waals surface area contributed by atoms with Crippen LogP contribution in [0.5, 0.6) is 0 Å². The second kappa shape index (κ2) is 3.90. The molecule has 20 heavy (non-hydrogen) atoms. The van der Waals surface area contributed by atoms with Gasteiger partial charge in [-0.1, -0.05) is 36.4 Å². The van der Waals surface area contributed by atoms with Crippen LogP contribution in [0.15, 0.2) is 57.7 Å². The van der Waals surface area contributed by atoms with Gasteiger partial charge in [-0.25, -0.2) is 4.98 Å². The first kappa shape index (κ1) is 11.2. The Bertz CT molecular complexity index is 1080. The summed E-state index contributed by atoms with van der Waals surface area (Å²) in [6.07, 6.45) is 0. The van der Waals surface area contributed by atoms with E-state index in [9.17, 15) is 4.79 Å². The van der Waals surface area contributed by atoms with E-state index in [0.29, 0.717) is 10.8 Å². The molecule has 0 fully saturated rings. The predicted octanol–water partition coefficient (Wildman–Crippen LogP) is 3.37. The van der Waals surface area contributed by atoms with E-state index in [2.05, 4.69) is 4.98 Å². The zero-order chi connectivity index (χ0) is 13.7. The SMILES string of the molecule is Cc1nc(=O)c2c3ccccc3oc3ccccc3c1=2. The van der Waals surface area contributed by atoms with Crippen molar-refractivity contribution in [1.82, 2.24) is 4.98 Å². The summed E-state index contributed by atoms with van der Waals surface area (Å²) in [7, 11) is 0. The van der Waals surface area contributed by atoms with Gasteiger partial charge in [0.1, 0.15) is 11.2 Å². The fourth-order valence-corrected chi connectivity index (χ4v) is 2.77. The molecule has 0 spiro atoms. The van der Waals surface area contributed by atoms with E-state index < -0.39 is 0 Å². The predicted molar refractivity (Wildman–Crippen MR) is 77.8 cm³/mol. The molecule has 0 saturated carbocycles. The van der Waals surface area contributed by atoms with Gasteiger partial charge in [-0.15, -0.1) is 0 Å². The van der Waals surface area contributed by atoms with Gasteiger partial charge in [0, 0.05) is 16.0 Å². The Morgan fingerprint density at radius 2 is 1.40 bits per heavy atom. The minimum atomic E-state index is -0.190. The van der Waals surface area contributed by atoms with Crippen LogP contribution in [0.3, 0.4) is 0 Å². The van der Waals surface area contributed by atoms with Gasteiger partial charge in [-0.05, 0) is 19.1 Å². The van der Waals surface area contributed by atoms with Crippen molar-refractivity contribution in [3.05, 3.63) is 75.0 Å². The van der Waals surface area contributed by atoms with Crippen molar-refractivity contribution >= 4 is 21.9 Å². The third kappa shape index (κ3) is 1.40. The van der Waals surface area contributed by atoms with Gasteiger partial charge in [-0.2, -0.15) is 0 Å². The highest BCUT2D eigenvalue weighted by Gasteiger charge is 2.10. The summed E-state index contributed by atoms with van der Waals surface area (Å²) in [6.45, 7) is 1.87. The number of aromatic nitrogens is 1. The lowest BCUT2D eigenvalue weighted by molar-refractivity contribution is 0.663. The van der Waals surface area contributed by atoms with Gasteiger partial charge in [0.15, 0.2) is 0 Å². The summed E-state index contributed by atoms with van der Waals surface area (Å²) in [6, 6.07) is 15.3. The summed E-state index contributed by atoms with van der Waals surface area (Å²) < 4.78 is 5.99. The summed E-state index contributed by atoms with van der Waals surface area (Å²) in [4.78, 5) is 16.4. The van der Waals surface area contributed by atoms with E-state index in [0.717, 1.165) is 27.3 Å². The molecule has 0 saturated heterocycles. The monoisotopic (exact) mass is 261 g/mol. The van der Waals surface area contributed by atoms with Crippen molar-refractivity contribution in [2.75, 3.05) is 0 Å². The van der Waals surface area contributed by atoms with E-state index in [-0.39, 0.29) is 5.56 Å². The fourth-order valence-electron chi connectivity index (χ4n) is 2.77. The molecule has 0 unspecified atom stereocenters. The van der Waals surface area contributed by atoms with Crippen molar-refractivity contribution in [3.63, 3.8) is 0 Å². The standard InChI is InChI=1S/C17H11NO2/c1-10-15-11-6-2-4-8-13(11)20-14-9-5-3-7-12(14)16(15)17(19)18-10/h2-9H,1H3. The number of aryl methyl sites for hydroxylation is 1. The normalized spacial score (nSPS) is 11.4. The first-order chi connectivity index (χ1) is 9.75. The molecule has 2 heterocycles. The van der Waals surface area contributed by atoms with Crippen molar-refractivity contribution in [2.24, 2.45) is 0 Å². The number of rotatable bonds is 0. The highest BCUT2D eigenvalue weighted by Crippen LogP contribution is 2.23. The molecule has 0 bridgehead atoms. The molecular weight excluding hydrogens is 250 g/mol. The molecule has 0 aromatic heterocycles. The number of hydrogen-bond donors (Lipinski definition) is 0. The molecular formula is C17H11NO2. The Labute approximate surface area is 114 Å². The maximum Gasteiger partial charge on any atom is 0.278 e. The molecule has 2 aromatic rings. The van der Waals surface area contributed by atoms with Crippen LogP contribution < -0.4 is 5.56 Å². The third-order valence-electron chi connectivity index (χ3n) is 3.63. The Kier molecular flexibility index (Phi) is 2.18. The third-order valence-corrected chi connectivity index (χ3v) is 3.63. The van der Waals surface area contributed by atoms with E-state index in [4.69, 9.17) is 4.42 Å². The van der Waals surface area contributed by atoms with Crippen LogP contribution in [-0.2, 0) is 0 Å². The number of benzene rings is 2. The Morgan fingerprint density at radius 3 is 2.05 bits per heavy atom.